The Labute approximate surface area is 104 Å². The molecule has 1 heterocycles. The molecule has 5 heteroatoms. The van der Waals surface area contributed by atoms with E-state index in [1.807, 2.05) is 18.2 Å². The van der Waals surface area contributed by atoms with Crippen LogP contribution in [0.4, 0.5) is 0 Å². The minimum atomic E-state index is 0.446. The smallest absolute Gasteiger partial charge is 0.128 e. The molecule has 0 radical (unpaired) electrons. The van der Waals surface area contributed by atoms with Crippen molar-refractivity contribution in [2.75, 3.05) is 7.11 Å². The molecule has 0 aliphatic carbocycles. The van der Waals surface area contributed by atoms with Crippen molar-refractivity contribution in [1.82, 2.24) is 4.98 Å². The van der Waals surface area contributed by atoms with E-state index in [4.69, 9.17) is 15.2 Å². The lowest BCUT2D eigenvalue weighted by Gasteiger charge is -2.11. The number of ether oxygens (including phenoxy) is 2. The minimum absolute atomic E-state index is 0.446. The number of rotatable bonds is 5. The number of hydrogen-bond acceptors (Lipinski definition) is 5. The van der Waals surface area contributed by atoms with Crippen LogP contribution < -0.4 is 15.2 Å². The average Bonchev–Trinajstić information content (AvgIpc) is 2.89. The summed E-state index contributed by atoms with van der Waals surface area (Å²) in [5.74, 6) is 1.53. The fraction of sp³-hybridized carbons (Fsp3) is 0.250. The molecule has 2 aromatic rings. The predicted octanol–water partition coefficient (Wildman–Crippen LogP) is 2.19. The summed E-state index contributed by atoms with van der Waals surface area (Å²) in [6.07, 6.45) is 1.80. The van der Waals surface area contributed by atoms with E-state index < -0.39 is 0 Å². The molecule has 4 nitrogen and oxygen atoms in total. The van der Waals surface area contributed by atoms with Gasteiger partial charge in [0.05, 0.1) is 17.5 Å². The van der Waals surface area contributed by atoms with E-state index in [1.165, 1.54) is 0 Å². The molecule has 90 valence electrons. The maximum Gasteiger partial charge on any atom is 0.128 e. The molecule has 0 saturated carbocycles. The maximum absolute atomic E-state index is 5.73. The van der Waals surface area contributed by atoms with E-state index in [2.05, 4.69) is 4.98 Å². The fourth-order valence-corrected chi connectivity index (χ4v) is 1.93. The summed E-state index contributed by atoms with van der Waals surface area (Å²) in [5, 5.41) is 0. The first kappa shape index (κ1) is 11.9. The first-order chi connectivity index (χ1) is 8.33. The molecular formula is C12H14N2O2S. The molecule has 17 heavy (non-hydrogen) atoms. The lowest BCUT2D eigenvalue weighted by atomic mass is 10.2. The Hall–Kier alpha value is -1.59. The van der Waals surface area contributed by atoms with Crippen molar-refractivity contribution >= 4 is 11.3 Å². The van der Waals surface area contributed by atoms with E-state index in [0.29, 0.717) is 13.2 Å². The van der Waals surface area contributed by atoms with Gasteiger partial charge in [-0.2, -0.15) is 0 Å². The molecule has 0 aliphatic heterocycles. The summed E-state index contributed by atoms with van der Waals surface area (Å²) < 4.78 is 10.9. The summed E-state index contributed by atoms with van der Waals surface area (Å²) >= 11 is 1.57. The van der Waals surface area contributed by atoms with Gasteiger partial charge in [-0.3, -0.25) is 4.98 Å². The van der Waals surface area contributed by atoms with Crippen LogP contribution in [0, 0.1) is 0 Å². The van der Waals surface area contributed by atoms with Gasteiger partial charge in [-0.15, -0.1) is 11.3 Å². The highest BCUT2D eigenvalue weighted by atomic mass is 32.1. The quantitative estimate of drug-likeness (QED) is 0.883. The van der Waals surface area contributed by atoms with E-state index in [0.717, 1.165) is 21.9 Å². The normalized spacial score (nSPS) is 10.2. The molecule has 0 fully saturated rings. The van der Waals surface area contributed by atoms with Crippen LogP contribution in [0.5, 0.6) is 11.5 Å². The predicted molar refractivity (Wildman–Crippen MR) is 67.3 cm³/mol. The van der Waals surface area contributed by atoms with Gasteiger partial charge in [-0.1, -0.05) is 6.07 Å². The van der Waals surface area contributed by atoms with E-state index in [9.17, 15) is 0 Å². The third kappa shape index (κ3) is 2.95. The molecule has 1 aromatic carbocycles. The zero-order chi connectivity index (χ0) is 12.1. The van der Waals surface area contributed by atoms with Crippen molar-refractivity contribution in [3.63, 3.8) is 0 Å². The second-order valence-electron chi connectivity index (χ2n) is 3.43. The van der Waals surface area contributed by atoms with Crippen molar-refractivity contribution in [2.45, 2.75) is 13.2 Å². The number of benzene rings is 1. The molecule has 0 amide bonds. The van der Waals surface area contributed by atoms with Gasteiger partial charge in [0, 0.05) is 24.4 Å². The largest absolute Gasteiger partial charge is 0.497 e. The van der Waals surface area contributed by atoms with Gasteiger partial charge in [0.1, 0.15) is 18.1 Å². The van der Waals surface area contributed by atoms with Crippen molar-refractivity contribution in [3.05, 3.63) is 40.3 Å². The van der Waals surface area contributed by atoms with Gasteiger partial charge in [0.15, 0.2) is 0 Å². The van der Waals surface area contributed by atoms with Gasteiger partial charge in [-0.25, -0.2) is 0 Å². The Bertz CT molecular complexity index is 471. The van der Waals surface area contributed by atoms with Crippen LogP contribution in [-0.2, 0) is 13.2 Å². The van der Waals surface area contributed by atoms with Gasteiger partial charge in [0.25, 0.3) is 0 Å². The van der Waals surface area contributed by atoms with Gasteiger partial charge >= 0.3 is 0 Å². The maximum atomic E-state index is 5.73. The number of aromatic nitrogens is 1. The van der Waals surface area contributed by atoms with Crippen molar-refractivity contribution in [3.8, 4) is 11.5 Å². The minimum Gasteiger partial charge on any atom is -0.497 e. The topological polar surface area (TPSA) is 57.4 Å². The highest BCUT2D eigenvalue weighted by Gasteiger charge is 2.05. The van der Waals surface area contributed by atoms with Crippen LogP contribution in [0.2, 0.25) is 0 Å². The number of nitrogens with zero attached hydrogens (tertiary/aromatic N) is 1. The molecule has 0 unspecified atom stereocenters. The highest BCUT2D eigenvalue weighted by Crippen LogP contribution is 2.25. The number of nitrogens with two attached hydrogens (primary N) is 1. The summed E-state index contributed by atoms with van der Waals surface area (Å²) in [5.41, 5.74) is 8.41. The Morgan fingerprint density at radius 2 is 2.29 bits per heavy atom. The lowest BCUT2D eigenvalue weighted by molar-refractivity contribution is 0.303. The first-order valence-corrected chi connectivity index (χ1v) is 6.08. The molecule has 0 spiro atoms. The number of hydrogen-bond donors (Lipinski definition) is 1. The molecule has 0 atom stereocenters. The Morgan fingerprint density at radius 1 is 1.41 bits per heavy atom. The SMILES string of the molecule is COc1ccc(CN)c(OCc2cncs2)c1. The van der Waals surface area contributed by atoms with E-state index in [1.54, 1.807) is 30.2 Å². The third-order valence-corrected chi connectivity index (χ3v) is 3.10. The molecule has 2 N–H and O–H groups in total. The second kappa shape index (κ2) is 5.65. The Morgan fingerprint density at radius 3 is 2.94 bits per heavy atom. The fourth-order valence-electron chi connectivity index (χ4n) is 1.43. The van der Waals surface area contributed by atoms with Crippen LogP contribution >= 0.6 is 11.3 Å². The van der Waals surface area contributed by atoms with E-state index >= 15 is 0 Å². The van der Waals surface area contributed by atoms with Crippen molar-refractivity contribution in [2.24, 2.45) is 5.73 Å². The third-order valence-electron chi connectivity index (χ3n) is 2.35. The van der Waals surface area contributed by atoms with E-state index in [-0.39, 0.29) is 0 Å². The van der Waals surface area contributed by atoms with Gasteiger partial charge in [0.2, 0.25) is 0 Å². The number of thiazole rings is 1. The molecule has 1 aromatic heterocycles. The van der Waals surface area contributed by atoms with Crippen LogP contribution in [0.1, 0.15) is 10.4 Å². The summed E-state index contributed by atoms with van der Waals surface area (Å²) in [7, 11) is 1.63. The average molecular weight is 250 g/mol. The van der Waals surface area contributed by atoms with Crippen molar-refractivity contribution in [1.29, 1.82) is 0 Å². The first-order valence-electron chi connectivity index (χ1n) is 5.20. The summed E-state index contributed by atoms with van der Waals surface area (Å²) in [6, 6.07) is 5.64. The highest BCUT2D eigenvalue weighted by molar-refractivity contribution is 7.09. The van der Waals surface area contributed by atoms with Gasteiger partial charge < -0.3 is 15.2 Å². The van der Waals surface area contributed by atoms with Crippen molar-refractivity contribution < 1.29 is 9.47 Å². The monoisotopic (exact) mass is 250 g/mol. The molecule has 0 saturated heterocycles. The Kier molecular flexibility index (Phi) is 3.95. The standard InChI is InChI=1S/C12H14N2O2S/c1-15-10-3-2-9(5-13)12(4-10)16-7-11-6-14-8-17-11/h2-4,6,8H,5,7,13H2,1H3. The molecule has 0 aliphatic rings. The molecule has 2 rings (SSSR count). The van der Waals surface area contributed by atoms with Crippen LogP contribution in [-0.4, -0.2) is 12.1 Å². The Balaban J connectivity index is 2.12. The zero-order valence-electron chi connectivity index (χ0n) is 9.55. The second-order valence-corrected chi connectivity index (χ2v) is 4.41. The number of methoxy groups -OCH3 is 1. The van der Waals surface area contributed by atoms with Crippen LogP contribution in [0.3, 0.4) is 0 Å². The lowest BCUT2D eigenvalue weighted by Crippen LogP contribution is -2.02. The summed E-state index contributed by atoms with van der Waals surface area (Å²) in [6.45, 7) is 0.951. The van der Waals surface area contributed by atoms with Crippen LogP contribution in [0.25, 0.3) is 0 Å². The molecule has 0 bridgehead atoms. The zero-order valence-corrected chi connectivity index (χ0v) is 10.4. The van der Waals surface area contributed by atoms with Crippen LogP contribution in [0.15, 0.2) is 29.9 Å². The summed E-state index contributed by atoms with van der Waals surface area (Å²) in [4.78, 5) is 5.08. The molecular weight excluding hydrogens is 236 g/mol. The van der Waals surface area contributed by atoms with Gasteiger partial charge in [-0.05, 0) is 6.07 Å².